The summed E-state index contributed by atoms with van der Waals surface area (Å²) in [5.41, 5.74) is 4.05. The van der Waals surface area contributed by atoms with E-state index in [-0.39, 0.29) is 23.3 Å². The van der Waals surface area contributed by atoms with E-state index >= 15 is 0 Å². The number of hydrogen-bond donors (Lipinski definition) is 0. The van der Waals surface area contributed by atoms with Crippen LogP contribution in [0.5, 0.6) is 0 Å². The molecule has 0 bridgehead atoms. The molecule has 2 fully saturated rings. The van der Waals surface area contributed by atoms with Crippen molar-refractivity contribution in [2.24, 2.45) is 11.8 Å². The van der Waals surface area contributed by atoms with Gasteiger partial charge in [-0.25, -0.2) is 0 Å². The van der Waals surface area contributed by atoms with Gasteiger partial charge in [0.25, 0.3) is 0 Å². The Morgan fingerprint density at radius 1 is 0.840 bits per heavy atom. The Hall–Kier alpha value is -2.13. The summed E-state index contributed by atoms with van der Waals surface area (Å²) in [6.45, 7) is 4.18. The summed E-state index contributed by atoms with van der Waals surface area (Å²) in [5.74, 6) is 0.270. The molecule has 2 aromatic carbocycles. The van der Waals surface area contributed by atoms with Crippen LogP contribution in [0.25, 0.3) is 0 Å². The third-order valence-electron chi connectivity index (χ3n) is 5.81. The van der Waals surface area contributed by atoms with Gasteiger partial charge in [-0.1, -0.05) is 72.5 Å². The Bertz CT molecular complexity index is 700. The van der Waals surface area contributed by atoms with E-state index in [1.54, 1.807) is 0 Å². The quantitative estimate of drug-likeness (QED) is 0.775. The Morgan fingerprint density at radius 2 is 1.32 bits per heavy atom. The van der Waals surface area contributed by atoms with Crippen LogP contribution in [0.2, 0.25) is 0 Å². The average Bonchev–Trinajstić information content (AvgIpc) is 2.91. The maximum Gasteiger partial charge on any atom is 0.310 e. The van der Waals surface area contributed by atoms with Gasteiger partial charge in [0.1, 0.15) is 0 Å². The first kappa shape index (κ1) is 17.7. The molecule has 1 saturated carbocycles. The Morgan fingerprint density at radius 3 is 1.84 bits per heavy atom. The smallest absolute Gasteiger partial charge is 0.310 e. The fourth-order valence-electron chi connectivity index (χ4n) is 4.52. The fraction of sp³-hybridized carbons (Fsp3) is 0.409. The van der Waals surface area contributed by atoms with Crippen molar-refractivity contribution in [3.63, 3.8) is 0 Å². The standard InChI is InChI=1S/C22H24O2.H2O/c1-15-7-11-17(12-8-15)22(18-13-9-16(2)10-14-18)20-6-4-3-5-19(20)21(23)24-22;/h7-14,19-20H,3-6H2,1-2H3;1H2. The number of ether oxygens (including phenoxy) is 1. The van der Waals surface area contributed by atoms with Crippen molar-refractivity contribution in [1.29, 1.82) is 0 Å². The van der Waals surface area contributed by atoms with Crippen LogP contribution in [0.1, 0.15) is 47.9 Å². The summed E-state index contributed by atoms with van der Waals surface area (Å²) in [7, 11) is 0. The summed E-state index contributed by atoms with van der Waals surface area (Å²) in [6, 6.07) is 17.0. The molecule has 2 aliphatic rings. The highest BCUT2D eigenvalue weighted by Crippen LogP contribution is 2.54. The molecule has 1 aliphatic heterocycles. The lowest BCUT2D eigenvalue weighted by atomic mass is 9.67. The van der Waals surface area contributed by atoms with Crippen LogP contribution in [-0.4, -0.2) is 11.4 Å². The molecule has 0 aromatic heterocycles. The van der Waals surface area contributed by atoms with Crippen molar-refractivity contribution in [2.45, 2.75) is 45.1 Å². The van der Waals surface area contributed by atoms with Gasteiger partial charge in [-0.05, 0) is 26.7 Å². The Labute approximate surface area is 149 Å². The minimum absolute atomic E-state index is 0. The van der Waals surface area contributed by atoms with Crippen molar-refractivity contribution in [3.05, 3.63) is 70.8 Å². The highest BCUT2D eigenvalue weighted by atomic mass is 16.6. The number of esters is 1. The molecule has 2 N–H and O–H groups in total. The van der Waals surface area contributed by atoms with E-state index in [0.717, 1.165) is 30.4 Å². The van der Waals surface area contributed by atoms with Gasteiger partial charge >= 0.3 is 5.97 Å². The molecule has 0 amide bonds. The number of rotatable bonds is 2. The van der Waals surface area contributed by atoms with Gasteiger partial charge in [-0.2, -0.15) is 0 Å². The molecule has 3 nitrogen and oxygen atoms in total. The van der Waals surface area contributed by atoms with E-state index in [9.17, 15) is 4.79 Å². The highest BCUT2D eigenvalue weighted by molar-refractivity contribution is 5.77. The van der Waals surface area contributed by atoms with Gasteiger partial charge in [0, 0.05) is 17.0 Å². The highest BCUT2D eigenvalue weighted by Gasteiger charge is 2.57. The van der Waals surface area contributed by atoms with Crippen LogP contribution < -0.4 is 0 Å². The maximum absolute atomic E-state index is 12.7. The second-order valence-corrected chi connectivity index (χ2v) is 7.39. The molecule has 132 valence electrons. The van der Waals surface area contributed by atoms with E-state index in [4.69, 9.17) is 4.74 Å². The number of fused-ring (bicyclic) bond motifs is 1. The van der Waals surface area contributed by atoms with Crippen molar-refractivity contribution in [1.82, 2.24) is 0 Å². The summed E-state index contributed by atoms with van der Waals surface area (Å²) in [5, 5.41) is 0. The molecule has 1 heterocycles. The van der Waals surface area contributed by atoms with Crippen LogP contribution in [0.4, 0.5) is 0 Å². The molecule has 25 heavy (non-hydrogen) atoms. The third-order valence-corrected chi connectivity index (χ3v) is 5.81. The maximum atomic E-state index is 12.7. The second-order valence-electron chi connectivity index (χ2n) is 7.39. The number of benzene rings is 2. The monoisotopic (exact) mass is 338 g/mol. The van der Waals surface area contributed by atoms with Crippen molar-refractivity contribution < 1.29 is 15.0 Å². The molecule has 1 aliphatic carbocycles. The minimum Gasteiger partial charge on any atom is -0.449 e. The molecule has 1 saturated heterocycles. The Kier molecular flexibility index (Phi) is 4.70. The number of carbonyl (C=O) groups is 1. The van der Waals surface area contributed by atoms with E-state index in [2.05, 4.69) is 62.4 Å². The lowest BCUT2D eigenvalue weighted by Gasteiger charge is -2.37. The van der Waals surface area contributed by atoms with Crippen LogP contribution >= 0.6 is 0 Å². The van der Waals surface area contributed by atoms with Crippen molar-refractivity contribution >= 4 is 5.97 Å². The van der Waals surface area contributed by atoms with Gasteiger partial charge < -0.3 is 10.2 Å². The molecule has 4 rings (SSSR count). The van der Waals surface area contributed by atoms with Gasteiger partial charge in [-0.3, -0.25) is 4.79 Å². The van der Waals surface area contributed by atoms with Crippen LogP contribution in [0.15, 0.2) is 48.5 Å². The number of carbonyl (C=O) groups excluding carboxylic acids is 1. The largest absolute Gasteiger partial charge is 0.449 e. The van der Waals surface area contributed by atoms with Crippen LogP contribution in [-0.2, 0) is 15.1 Å². The van der Waals surface area contributed by atoms with Gasteiger partial charge in [-0.15, -0.1) is 0 Å². The predicted molar refractivity (Wildman–Crippen MR) is 98.3 cm³/mol. The van der Waals surface area contributed by atoms with E-state index < -0.39 is 5.60 Å². The van der Waals surface area contributed by atoms with Crippen molar-refractivity contribution in [3.8, 4) is 0 Å². The fourth-order valence-corrected chi connectivity index (χ4v) is 4.52. The van der Waals surface area contributed by atoms with E-state index in [1.165, 1.54) is 17.5 Å². The average molecular weight is 338 g/mol. The zero-order valence-electron chi connectivity index (χ0n) is 14.9. The van der Waals surface area contributed by atoms with Gasteiger partial charge in [0.05, 0.1) is 5.92 Å². The lowest BCUT2D eigenvalue weighted by Crippen LogP contribution is -2.37. The topological polar surface area (TPSA) is 57.8 Å². The van der Waals surface area contributed by atoms with Crippen LogP contribution in [0, 0.1) is 25.7 Å². The number of aryl methyl sites for hydroxylation is 2. The van der Waals surface area contributed by atoms with Gasteiger partial charge in [0.2, 0.25) is 0 Å². The van der Waals surface area contributed by atoms with E-state index in [1.807, 2.05) is 0 Å². The zero-order valence-corrected chi connectivity index (χ0v) is 14.9. The van der Waals surface area contributed by atoms with Crippen molar-refractivity contribution in [2.75, 3.05) is 0 Å². The zero-order chi connectivity index (χ0) is 16.7. The first-order chi connectivity index (χ1) is 11.6. The predicted octanol–water partition coefficient (Wildman–Crippen LogP) is 4.09. The number of hydrogen-bond acceptors (Lipinski definition) is 2. The molecule has 0 spiro atoms. The molecule has 2 atom stereocenters. The molecule has 3 heteroatoms. The summed E-state index contributed by atoms with van der Waals surface area (Å²) in [6.07, 6.45) is 4.33. The first-order valence-corrected chi connectivity index (χ1v) is 8.98. The van der Waals surface area contributed by atoms with Crippen LogP contribution in [0.3, 0.4) is 0 Å². The summed E-state index contributed by atoms with van der Waals surface area (Å²) in [4.78, 5) is 12.7. The minimum atomic E-state index is -0.621. The van der Waals surface area contributed by atoms with Gasteiger partial charge in [0.15, 0.2) is 5.60 Å². The SMILES string of the molecule is Cc1ccc(C2(c3ccc(C)cc3)OC(=O)C3CCCCC32)cc1.O. The number of cyclic esters (lactones) is 1. The summed E-state index contributed by atoms with van der Waals surface area (Å²) < 4.78 is 6.21. The third kappa shape index (κ3) is 2.77. The normalized spacial score (nSPS) is 24.2. The lowest BCUT2D eigenvalue weighted by molar-refractivity contribution is -0.149. The summed E-state index contributed by atoms with van der Waals surface area (Å²) >= 11 is 0. The molecule has 0 radical (unpaired) electrons. The molecule has 2 unspecified atom stereocenters. The second kappa shape index (κ2) is 6.64. The Balaban J connectivity index is 0.00000182. The van der Waals surface area contributed by atoms with E-state index in [0.29, 0.717) is 0 Å². The molecular formula is C22H26O3. The molecule has 2 aromatic rings. The molecular weight excluding hydrogens is 312 g/mol. The first-order valence-electron chi connectivity index (χ1n) is 8.98.